The Morgan fingerprint density at radius 3 is 2.47 bits per heavy atom. The van der Waals surface area contributed by atoms with Crippen molar-refractivity contribution >= 4 is 23.5 Å². The Labute approximate surface area is 116 Å². The van der Waals surface area contributed by atoms with Crippen LogP contribution in [0.3, 0.4) is 0 Å². The minimum atomic E-state index is -0.995. The van der Waals surface area contributed by atoms with Crippen molar-refractivity contribution in [2.24, 2.45) is 0 Å². The third-order valence-electron chi connectivity index (χ3n) is 2.51. The monoisotopic (exact) mass is 285 g/mol. The quantitative estimate of drug-likeness (QED) is 0.803. The van der Waals surface area contributed by atoms with Crippen molar-refractivity contribution in [3.05, 3.63) is 34.9 Å². The van der Waals surface area contributed by atoms with Crippen molar-refractivity contribution in [1.29, 1.82) is 0 Å². The van der Waals surface area contributed by atoms with Crippen LogP contribution in [0.4, 0.5) is 0 Å². The molecule has 0 aliphatic carbocycles. The second-order valence-electron chi connectivity index (χ2n) is 4.02. The predicted molar refractivity (Wildman–Crippen MR) is 71.1 cm³/mol. The largest absolute Gasteiger partial charge is 0.481 e. The van der Waals surface area contributed by atoms with Crippen molar-refractivity contribution in [2.45, 2.75) is 18.9 Å². The lowest BCUT2D eigenvalue weighted by molar-refractivity contribution is -0.139. The number of methoxy groups -OCH3 is 1. The molecule has 1 rings (SSSR count). The number of carboxylic acids is 1. The molecule has 0 heterocycles. The van der Waals surface area contributed by atoms with E-state index in [2.05, 4.69) is 5.32 Å². The molecule has 2 N–H and O–H groups in total. The van der Waals surface area contributed by atoms with Crippen molar-refractivity contribution in [3.63, 3.8) is 0 Å². The van der Waals surface area contributed by atoms with E-state index in [-0.39, 0.29) is 24.8 Å². The number of aliphatic carboxylic acids is 1. The van der Waals surface area contributed by atoms with Crippen LogP contribution in [-0.2, 0) is 14.3 Å². The summed E-state index contributed by atoms with van der Waals surface area (Å²) in [5, 5.41) is 11.9. The number of carbonyl (C=O) groups excluding carboxylic acids is 1. The molecular weight excluding hydrogens is 270 g/mol. The van der Waals surface area contributed by atoms with Gasteiger partial charge in [0, 0.05) is 18.6 Å². The first kappa shape index (κ1) is 15.5. The Balaban J connectivity index is 2.64. The first-order chi connectivity index (χ1) is 9.02. The van der Waals surface area contributed by atoms with E-state index in [4.69, 9.17) is 21.4 Å². The van der Waals surface area contributed by atoms with Crippen molar-refractivity contribution in [3.8, 4) is 0 Å². The lowest BCUT2D eigenvalue weighted by atomic mass is 10.1. The van der Waals surface area contributed by atoms with E-state index in [1.165, 1.54) is 7.11 Å². The minimum Gasteiger partial charge on any atom is -0.481 e. The first-order valence-electron chi connectivity index (χ1n) is 5.78. The standard InChI is InChI=1S/C13H16ClNO4/c1-19-8-11(9-2-4-10(14)5-3-9)15-12(16)6-7-13(17)18/h2-5,11H,6-8H2,1H3,(H,15,16)(H,17,18). The highest BCUT2D eigenvalue weighted by molar-refractivity contribution is 6.30. The van der Waals surface area contributed by atoms with Gasteiger partial charge >= 0.3 is 5.97 Å². The number of amides is 1. The fraction of sp³-hybridized carbons (Fsp3) is 0.385. The number of benzene rings is 1. The Kier molecular flexibility index (Phi) is 6.32. The Bertz CT molecular complexity index is 433. The fourth-order valence-corrected chi connectivity index (χ4v) is 1.70. The molecule has 1 aromatic rings. The maximum Gasteiger partial charge on any atom is 0.303 e. The summed E-state index contributed by atoms with van der Waals surface area (Å²) in [7, 11) is 1.53. The SMILES string of the molecule is COCC(NC(=O)CCC(=O)O)c1ccc(Cl)cc1. The van der Waals surface area contributed by atoms with Gasteiger partial charge in [-0.2, -0.15) is 0 Å². The van der Waals surface area contributed by atoms with E-state index in [9.17, 15) is 9.59 Å². The molecule has 104 valence electrons. The Morgan fingerprint density at radius 1 is 1.32 bits per heavy atom. The molecule has 0 fully saturated rings. The predicted octanol–water partition coefficient (Wildman–Crippen LogP) is 2.01. The van der Waals surface area contributed by atoms with Gasteiger partial charge in [0.1, 0.15) is 0 Å². The second kappa shape index (κ2) is 7.76. The molecule has 1 atom stereocenters. The Hall–Kier alpha value is -1.59. The van der Waals surface area contributed by atoms with Gasteiger partial charge in [-0.25, -0.2) is 0 Å². The van der Waals surface area contributed by atoms with Crippen LogP contribution in [0.2, 0.25) is 5.02 Å². The summed E-state index contributed by atoms with van der Waals surface area (Å²) in [5.74, 6) is -1.32. The number of ether oxygens (including phenoxy) is 1. The maximum atomic E-state index is 11.6. The van der Waals surface area contributed by atoms with E-state index < -0.39 is 5.97 Å². The second-order valence-corrected chi connectivity index (χ2v) is 4.46. The summed E-state index contributed by atoms with van der Waals surface area (Å²) in [4.78, 5) is 22.0. The van der Waals surface area contributed by atoms with E-state index in [0.717, 1.165) is 5.56 Å². The number of halogens is 1. The molecule has 1 unspecified atom stereocenters. The Morgan fingerprint density at radius 2 is 1.95 bits per heavy atom. The van der Waals surface area contributed by atoms with Gasteiger partial charge in [-0.15, -0.1) is 0 Å². The van der Waals surface area contributed by atoms with Crippen LogP contribution in [0.25, 0.3) is 0 Å². The van der Waals surface area contributed by atoms with Crippen LogP contribution in [0.1, 0.15) is 24.4 Å². The summed E-state index contributed by atoms with van der Waals surface area (Å²) >= 11 is 5.80. The topological polar surface area (TPSA) is 75.6 Å². The average Bonchev–Trinajstić information content (AvgIpc) is 2.37. The van der Waals surface area contributed by atoms with Crippen LogP contribution >= 0.6 is 11.6 Å². The molecule has 5 nitrogen and oxygen atoms in total. The van der Waals surface area contributed by atoms with Crippen LogP contribution in [0.15, 0.2) is 24.3 Å². The zero-order valence-electron chi connectivity index (χ0n) is 10.6. The molecule has 1 amide bonds. The average molecular weight is 286 g/mol. The van der Waals surface area contributed by atoms with Crippen LogP contribution in [0.5, 0.6) is 0 Å². The molecule has 0 saturated heterocycles. The maximum absolute atomic E-state index is 11.6. The molecule has 0 spiro atoms. The summed E-state index contributed by atoms with van der Waals surface area (Å²) in [6.45, 7) is 0.306. The number of hydrogen-bond acceptors (Lipinski definition) is 3. The molecule has 0 aromatic heterocycles. The number of nitrogens with one attached hydrogen (secondary N) is 1. The van der Waals surface area contributed by atoms with E-state index >= 15 is 0 Å². The lowest BCUT2D eigenvalue weighted by Gasteiger charge is -2.18. The summed E-state index contributed by atoms with van der Waals surface area (Å²) < 4.78 is 5.05. The highest BCUT2D eigenvalue weighted by Crippen LogP contribution is 2.17. The first-order valence-corrected chi connectivity index (χ1v) is 6.16. The minimum absolute atomic E-state index is 0.0524. The highest BCUT2D eigenvalue weighted by Gasteiger charge is 2.15. The van der Waals surface area contributed by atoms with Gasteiger partial charge in [0.25, 0.3) is 0 Å². The third-order valence-corrected chi connectivity index (χ3v) is 2.76. The normalized spacial score (nSPS) is 11.9. The molecule has 6 heteroatoms. The number of carboxylic acid groups (broad SMARTS) is 1. The molecular formula is C13H16ClNO4. The van der Waals surface area contributed by atoms with Crippen LogP contribution < -0.4 is 5.32 Å². The smallest absolute Gasteiger partial charge is 0.303 e. The number of rotatable bonds is 7. The number of carbonyl (C=O) groups is 2. The van der Waals surface area contributed by atoms with Gasteiger partial charge in [0.05, 0.1) is 19.1 Å². The van der Waals surface area contributed by atoms with Gasteiger partial charge in [-0.05, 0) is 17.7 Å². The van der Waals surface area contributed by atoms with Crippen LogP contribution in [0, 0.1) is 0 Å². The van der Waals surface area contributed by atoms with E-state index in [1.54, 1.807) is 24.3 Å². The molecule has 0 radical (unpaired) electrons. The fourth-order valence-electron chi connectivity index (χ4n) is 1.57. The molecule has 0 aliphatic rings. The highest BCUT2D eigenvalue weighted by atomic mass is 35.5. The van der Waals surface area contributed by atoms with E-state index in [0.29, 0.717) is 11.6 Å². The summed E-state index contributed by atoms with van der Waals surface area (Å²) in [6.07, 6.45) is -0.241. The van der Waals surface area contributed by atoms with Gasteiger partial charge in [0.15, 0.2) is 0 Å². The van der Waals surface area contributed by atoms with E-state index in [1.807, 2.05) is 0 Å². The molecule has 19 heavy (non-hydrogen) atoms. The van der Waals surface area contributed by atoms with Gasteiger partial charge < -0.3 is 15.2 Å². The van der Waals surface area contributed by atoms with Crippen molar-refractivity contribution in [2.75, 3.05) is 13.7 Å². The summed E-state index contributed by atoms with van der Waals surface area (Å²) in [5.41, 5.74) is 0.856. The lowest BCUT2D eigenvalue weighted by Crippen LogP contribution is -2.31. The zero-order chi connectivity index (χ0) is 14.3. The molecule has 0 saturated carbocycles. The third kappa shape index (κ3) is 5.72. The van der Waals surface area contributed by atoms with Gasteiger partial charge in [-0.1, -0.05) is 23.7 Å². The van der Waals surface area contributed by atoms with Crippen molar-refractivity contribution in [1.82, 2.24) is 5.32 Å². The summed E-state index contributed by atoms with van der Waals surface area (Å²) in [6, 6.07) is 6.72. The van der Waals surface area contributed by atoms with Crippen LogP contribution in [-0.4, -0.2) is 30.7 Å². The zero-order valence-corrected chi connectivity index (χ0v) is 11.3. The van der Waals surface area contributed by atoms with Gasteiger partial charge in [-0.3, -0.25) is 9.59 Å². The molecule has 1 aromatic carbocycles. The number of hydrogen-bond donors (Lipinski definition) is 2. The molecule has 0 bridgehead atoms. The van der Waals surface area contributed by atoms with Gasteiger partial charge in [0.2, 0.25) is 5.91 Å². The molecule has 0 aliphatic heterocycles. The van der Waals surface area contributed by atoms with Crippen molar-refractivity contribution < 1.29 is 19.4 Å².